The standard InChI is InChI=1S/C32H34FNO4.C2H6.CH5N.CH2O/c1-21(2)31-29(22-9-5-3-6-10-22)30(23-13-15-25(33)16-14-23)32(24-11-7-4-8-12-24)34(31)18-17-26(35)19-27(36)20-28(37)38;3*1-2/h3-16,21,26-27,35-36H,17-20H2,1-2H3,(H,37,38);1-2H3;2H2,1H3;1H2. The second-order valence-corrected chi connectivity index (χ2v) is 9.96. The second-order valence-electron chi connectivity index (χ2n) is 9.96. The molecule has 0 saturated carbocycles. The Bertz CT molecular complexity index is 1370. The van der Waals surface area contributed by atoms with Crippen molar-refractivity contribution in [3.63, 3.8) is 0 Å². The Labute approximate surface area is 260 Å². The van der Waals surface area contributed by atoms with E-state index in [-0.39, 0.29) is 18.2 Å². The summed E-state index contributed by atoms with van der Waals surface area (Å²) in [5.74, 6) is -1.28. The molecule has 0 aliphatic rings. The second kappa shape index (κ2) is 20.0. The van der Waals surface area contributed by atoms with Crippen LogP contribution in [0.4, 0.5) is 4.39 Å². The van der Waals surface area contributed by atoms with E-state index in [1.54, 1.807) is 12.1 Å². The number of carboxylic acid groups (broad SMARTS) is 1. The molecule has 0 amide bonds. The zero-order chi connectivity index (χ0) is 33.2. The number of aliphatic hydroxyl groups excluding tert-OH is 2. The molecule has 44 heavy (non-hydrogen) atoms. The summed E-state index contributed by atoms with van der Waals surface area (Å²) in [5, 5.41) is 29.7. The van der Waals surface area contributed by atoms with Crippen molar-refractivity contribution >= 4 is 12.8 Å². The largest absolute Gasteiger partial charge is 0.481 e. The molecule has 4 rings (SSSR count). The van der Waals surface area contributed by atoms with E-state index in [2.05, 4.69) is 36.3 Å². The Morgan fingerprint density at radius 2 is 1.27 bits per heavy atom. The number of halogens is 1. The number of carbonyl (C=O) groups is 2. The van der Waals surface area contributed by atoms with Gasteiger partial charge in [-0.05, 0) is 54.6 Å². The quantitative estimate of drug-likeness (QED) is 0.144. The highest BCUT2D eigenvalue weighted by molar-refractivity contribution is 5.96. The van der Waals surface area contributed by atoms with Crippen LogP contribution in [0, 0.1) is 5.82 Å². The molecule has 2 unspecified atom stereocenters. The van der Waals surface area contributed by atoms with Crippen LogP contribution in [0.25, 0.3) is 33.5 Å². The van der Waals surface area contributed by atoms with Crippen molar-refractivity contribution in [2.24, 2.45) is 5.73 Å². The van der Waals surface area contributed by atoms with E-state index < -0.39 is 24.6 Å². The summed E-state index contributed by atoms with van der Waals surface area (Å²) >= 11 is 0. The zero-order valence-corrected chi connectivity index (χ0v) is 26.4. The van der Waals surface area contributed by atoms with Gasteiger partial charge in [0.1, 0.15) is 12.6 Å². The Hall–Kier alpha value is -4.11. The lowest BCUT2D eigenvalue weighted by Crippen LogP contribution is -2.22. The van der Waals surface area contributed by atoms with Crippen LogP contribution in [-0.2, 0) is 16.1 Å². The number of nitrogens with zero attached hydrogens (tertiary/aromatic N) is 1. The molecule has 0 aliphatic heterocycles. The molecule has 238 valence electrons. The molecule has 0 saturated heterocycles. The van der Waals surface area contributed by atoms with Gasteiger partial charge in [0.15, 0.2) is 0 Å². The van der Waals surface area contributed by atoms with Crippen molar-refractivity contribution in [2.45, 2.75) is 71.6 Å². The molecule has 0 fully saturated rings. The summed E-state index contributed by atoms with van der Waals surface area (Å²) in [6.07, 6.45) is -2.06. The first-order chi connectivity index (χ1) is 21.3. The number of carboxylic acids is 1. The highest BCUT2D eigenvalue weighted by Gasteiger charge is 2.28. The monoisotopic (exact) mass is 606 g/mol. The lowest BCUT2D eigenvalue weighted by Gasteiger charge is -2.20. The fraction of sp³-hybridized carbons (Fsp3) is 0.333. The summed E-state index contributed by atoms with van der Waals surface area (Å²) in [6, 6.07) is 26.7. The first kappa shape index (κ1) is 37.9. The number of hydrogen-bond acceptors (Lipinski definition) is 5. The Kier molecular flexibility index (Phi) is 17.2. The van der Waals surface area contributed by atoms with E-state index in [4.69, 9.17) is 9.90 Å². The van der Waals surface area contributed by atoms with Gasteiger partial charge in [-0.25, -0.2) is 4.39 Å². The summed E-state index contributed by atoms with van der Waals surface area (Å²) in [5.41, 5.74) is 11.5. The van der Waals surface area contributed by atoms with Crippen molar-refractivity contribution in [2.75, 3.05) is 7.05 Å². The minimum atomic E-state index is -1.11. The molecular weight excluding hydrogens is 559 g/mol. The molecule has 5 N–H and O–H groups in total. The van der Waals surface area contributed by atoms with E-state index in [0.717, 1.165) is 39.2 Å². The Morgan fingerprint density at radius 1 is 0.795 bits per heavy atom. The summed E-state index contributed by atoms with van der Waals surface area (Å²) in [7, 11) is 1.50. The molecule has 1 heterocycles. The highest BCUT2D eigenvalue weighted by atomic mass is 19.1. The Balaban J connectivity index is 0.00000152. The van der Waals surface area contributed by atoms with E-state index in [1.807, 2.05) is 69.2 Å². The summed E-state index contributed by atoms with van der Waals surface area (Å²) in [4.78, 5) is 19.0. The number of aliphatic carboxylic acids is 1. The topological polar surface area (TPSA) is 126 Å². The summed E-state index contributed by atoms with van der Waals surface area (Å²) in [6.45, 7) is 10.7. The van der Waals surface area contributed by atoms with Gasteiger partial charge in [-0.1, -0.05) is 100 Å². The van der Waals surface area contributed by atoms with E-state index >= 15 is 0 Å². The molecule has 7 nitrogen and oxygen atoms in total. The minimum absolute atomic E-state index is 0.0123. The molecule has 1 aromatic heterocycles. The zero-order valence-electron chi connectivity index (χ0n) is 26.4. The molecule has 8 heteroatoms. The predicted octanol–water partition coefficient (Wildman–Crippen LogP) is 7.14. The van der Waals surface area contributed by atoms with Crippen LogP contribution >= 0.6 is 0 Å². The Morgan fingerprint density at radius 3 is 1.75 bits per heavy atom. The number of benzene rings is 3. The van der Waals surface area contributed by atoms with Crippen LogP contribution < -0.4 is 5.73 Å². The molecule has 0 radical (unpaired) electrons. The fourth-order valence-corrected chi connectivity index (χ4v) is 5.16. The van der Waals surface area contributed by atoms with Gasteiger partial charge in [-0.2, -0.15) is 0 Å². The normalized spacial score (nSPS) is 11.6. The van der Waals surface area contributed by atoms with Crippen molar-refractivity contribution in [3.8, 4) is 33.5 Å². The van der Waals surface area contributed by atoms with Gasteiger partial charge < -0.3 is 30.4 Å². The highest BCUT2D eigenvalue weighted by Crippen LogP contribution is 2.47. The van der Waals surface area contributed by atoms with Gasteiger partial charge in [0, 0.05) is 23.4 Å². The number of aromatic nitrogens is 1. The first-order valence-electron chi connectivity index (χ1n) is 14.8. The number of carbonyl (C=O) groups excluding carboxylic acids is 1. The third kappa shape index (κ3) is 10.3. The number of aliphatic hydroxyl groups is 2. The summed E-state index contributed by atoms with van der Waals surface area (Å²) < 4.78 is 16.2. The van der Waals surface area contributed by atoms with Crippen LogP contribution in [0.2, 0.25) is 0 Å². The number of nitrogens with two attached hydrogens (primary N) is 1. The van der Waals surface area contributed by atoms with Gasteiger partial charge in [0.2, 0.25) is 0 Å². The third-order valence-corrected chi connectivity index (χ3v) is 6.73. The van der Waals surface area contributed by atoms with Crippen LogP contribution in [0.3, 0.4) is 0 Å². The molecule has 3 aromatic carbocycles. The fourth-order valence-electron chi connectivity index (χ4n) is 5.16. The van der Waals surface area contributed by atoms with Crippen molar-refractivity contribution < 1.29 is 29.3 Å². The first-order valence-corrected chi connectivity index (χ1v) is 14.8. The van der Waals surface area contributed by atoms with Crippen LogP contribution in [-0.4, -0.2) is 51.9 Å². The maximum absolute atomic E-state index is 14.0. The van der Waals surface area contributed by atoms with E-state index in [1.165, 1.54) is 19.2 Å². The average molecular weight is 607 g/mol. The molecule has 0 spiro atoms. The maximum Gasteiger partial charge on any atom is 0.305 e. The average Bonchev–Trinajstić information content (AvgIpc) is 3.39. The maximum atomic E-state index is 14.0. The van der Waals surface area contributed by atoms with Crippen LogP contribution in [0.1, 0.15) is 58.6 Å². The van der Waals surface area contributed by atoms with Gasteiger partial charge in [0.05, 0.1) is 24.3 Å². The van der Waals surface area contributed by atoms with Crippen molar-refractivity contribution in [3.05, 3.63) is 96.4 Å². The lowest BCUT2D eigenvalue weighted by atomic mass is 9.91. The van der Waals surface area contributed by atoms with Gasteiger partial charge in [0.25, 0.3) is 0 Å². The molecule has 0 bridgehead atoms. The van der Waals surface area contributed by atoms with E-state index in [0.29, 0.717) is 13.0 Å². The minimum Gasteiger partial charge on any atom is -0.481 e. The SMILES string of the molecule is C=O.CC.CC(C)c1c(-c2ccccc2)c(-c2ccc(F)cc2)c(-c2ccccc2)n1CCC(O)CC(O)CC(=O)O.CN. The van der Waals surface area contributed by atoms with E-state index in [9.17, 15) is 19.4 Å². The van der Waals surface area contributed by atoms with Crippen molar-refractivity contribution in [1.82, 2.24) is 4.57 Å². The number of rotatable bonds is 11. The van der Waals surface area contributed by atoms with Gasteiger partial charge in [-0.3, -0.25) is 4.79 Å². The third-order valence-electron chi connectivity index (χ3n) is 6.73. The molecule has 4 aromatic rings. The predicted molar refractivity (Wildman–Crippen MR) is 177 cm³/mol. The molecule has 0 aliphatic carbocycles. The smallest absolute Gasteiger partial charge is 0.305 e. The number of hydrogen-bond donors (Lipinski definition) is 4. The lowest BCUT2D eigenvalue weighted by molar-refractivity contribution is -0.139. The van der Waals surface area contributed by atoms with Crippen LogP contribution in [0.5, 0.6) is 0 Å². The van der Waals surface area contributed by atoms with Gasteiger partial charge >= 0.3 is 5.97 Å². The van der Waals surface area contributed by atoms with Crippen molar-refractivity contribution in [1.29, 1.82) is 0 Å². The van der Waals surface area contributed by atoms with Gasteiger partial charge in [-0.15, -0.1) is 0 Å². The molecule has 2 atom stereocenters. The molecular formula is C36H47FN2O5. The van der Waals surface area contributed by atoms with Crippen LogP contribution in [0.15, 0.2) is 84.9 Å².